The van der Waals surface area contributed by atoms with Crippen LogP contribution >= 0.6 is 11.3 Å². The van der Waals surface area contributed by atoms with Crippen molar-refractivity contribution >= 4 is 30.2 Å². The maximum Gasteiger partial charge on any atom is 0 e. The minimum Gasteiger partial charge on any atom is -0.394 e. The smallest absolute Gasteiger partial charge is 0 e. The van der Waals surface area contributed by atoms with Crippen LogP contribution in [0, 0.1) is 17.8 Å². The van der Waals surface area contributed by atoms with Crippen LogP contribution in [0.2, 0.25) is 0 Å². The molecule has 0 bridgehead atoms. The summed E-state index contributed by atoms with van der Waals surface area (Å²) in [4.78, 5) is 7.32. The predicted octanol–water partition coefficient (Wildman–Crippen LogP) is 2.93. The van der Waals surface area contributed by atoms with Gasteiger partial charge in [-0.1, -0.05) is 24.8 Å². The zero-order valence-electron chi connectivity index (χ0n) is 10.5. The van der Waals surface area contributed by atoms with Crippen LogP contribution in [0.15, 0.2) is 66.3 Å². The molecule has 0 aromatic carbocycles. The Kier molecular flexibility index (Phi) is 18.4. The van der Waals surface area contributed by atoms with Crippen molar-refractivity contribution < 1.29 is 17.1 Å². The Labute approximate surface area is 141 Å². The molecule has 3 aromatic rings. The summed E-state index contributed by atoms with van der Waals surface area (Å²) in [5.74, 6) is 0. The van der Waals surface area contributed by atoms with Crippen LogP contribution in [0.4, 0.5) is 0 Å². The fourth-order valence-corrected chi connectivity index (χ4v) is 1.14. The number of rotatable bonds is 0. The van der Waals surface area contributed by atoms with Crippen molar-refractivity contribution in [2.75, 3.05) is 0 Å². The van der Waals surface area contributed by atoms with Crippen molar-refractivity contribution in [1.82, 2.24) is 9.97 Å². The van der Waals surface area contributed by atoms with Crippen molar-refractivity contribution in [3.05, 3.63) is 84.1 Å². The van der Waals surface area contributed by atoms with Gasteiger partial charge in [-0.15, -0.1) is 5.38 Å². The van der Waals surface area contributed by atoms with E-state index in [9.17, 15) is 0 Å². The average molecular weight is 310 g/mol. The zero-order chi connectivity index (χ0) is 12.0. The third kappa shape index (κ3) is 15.1. The summed E-state index contributed by atoms with van der Waals surface area (Å²) in [6, 6.07) is 14.9. The van der Waals surface area contributed by atoms with Crippen LogP contribution in [0.25, 0.3) is 0 Å². The van der Waals surface area contributed by atoms with E-state index in [4.69, 9.17) is 0 Å². The molecule has 0 fully saturated rings. The molecule has 0 saturated carbocycles. The minimum absolute atomic E-state index is 0. The normalized spacial score (nSPS) is 7.16. The van der Waals surface area contributed by atoms with Gasteiger partial charge < -0.3 is 21.3 Å². The summed E-state index contributed by atoms with van der Waals surface area (Å²) in [5.41, 5.74) is 0. The number of pyridine rings is 2. The fraction of sp³-hybridized carbons (Fsp3) is 0. The van der Waals surface area contributed by atoms with Crippen molar-refractivity contribution in [1.29, 1.82) is 0 Å². The monoisotopic (exact) mass is 309 g/mol. The Balaban J connectivity index is 0. The van der Waals surface area contributed by atoms with E-state index in [2.05, 4.69) is 27.7 Å². The fourth-order valence-electron chi connectivity index (χ4n) is 0.751. The summed E-state index contributed by atoms with van der Waals surface area (Å²) < 4.78 is 0. The molecule has 3 rings (SSSR count). The van der Waals surface area contributed by atoms with E-state index in [1.165, 1.54) is 0 Å². The summed E-state index contributed by atoms with van der Waals surface area (Å²) in [5, 5.41) is 4.89. The van der Waals surface area contributed by atoms with E-state index in [-0.39, 0.29) is 35.9 Å². The van der Waals surface area contributed by atoms with E-state index in [1.54, 1.807) is 35.9 Å². The van der Waals surface area contributed by atoms with E-state index in [0.717, 1.165) is 0 Å². The van der Waals surface area contributed by atoms with E-state index >= 15 is 0 Å². The van der Waals surface area contributed by atoms with E-state index in [1.807, 2.05) is 41.8 Å². The number of aromatic nitrogens is 2. The van der Waals surface area contributed by atoms with Gasteiger partial charge in [0.1, 0.15) is 0 Å². The first-order valence-electron chi connectivity index (χ1n) is 4.94. The van der Waals surface area contributed by atoms with Gasteiger partial charge in [0, 0.05) is 35.9 Å². The molecule has 2 nitrogen and oxygen atoms in total. The first-order chi connectivity index (χ1) is 8.50. The quantitative estimate of drug-likeness (QED) is 0.471. The number of hydrogen-bond acceptors (Lipinski definition) is 3. The first kappa shape index (κ1) is 20.4. The van der Waals surface area contributed by atoms with Crippen LogP contribution in [0.5, 0.6) is 0 Å². The van der Waals surface area contributed by atoms with Gasteiger partial charge >= 0.3 is 0 Å². The Hall–Kier alpha value is -0.883. The van der Waals surface area contributed by atoms with Crippen molar-refractivity contribution in [3.8, 4) is 0 Å². The molecule has 0 spiro atoms. The molecule has 2 radical (unpaired) electrons. The molecule has 5 heteroatoms. The van der Waals surface area contributed by atoms with E-state index < -0.39 is 0 Å². The summed E-state index contributed by atoms with van der Waals surface area (Å²) in [7, 11) is 0. The molecule has 0 aliphatic rings. The van der Waals surface area contributed by atoms with Gasteiger partial charge in [0.15, 0.2) is 0 Å². The topological polar surface area (TPSA) is 25.8 Å². The van der Waals surface area contributed by atoms with Gasteiger partial charge in [-0.3, -0.25) is 0 Å². The third-order valence-electron chi connectivity index (χ3n) is 1.41. The molecule has 0 saturated heterocycles. The minimum atomic E-state index is 0. The molecule has 0 amide bonds. The number of thiophene rings is 1. The Morgan fingerprint density at radius 2 is 1.32 bits per heavy atom. The molecule has 3 aromatic heterocycles. The Morgan fingerprint density at radius 3 is 1.42 bits per heavy atom. The van der Waals surface area contributed by atoms with E-state index in [0.29, 0.717) is 0 Å². The zero-order valence-corrected chi connectivity index (χ0v) is 12.2. The van der Waals surface area contributed by atoms with Crippen molar-refractivity contribution in [3.63, 3.8) is 0 Å². The standard InChI is InChI=1S/2C5H4N.C4H3S.Cu.Li/c2*1-2-4-6-5-3-1;1-2-4-5-3-1;;/h2*1-4H;1-3H;;/q3*-1;;. The molecule has 0 unspecified atom stereocenters. The van der Waals surface area contributed by atoms with Crippen LogP contribution < -0.4 is 0 Å². The first-order valence-corrected chi connectivity index (χ1v) is 5.82. The predicted molar refractivity (Wildman–Crippen MR) is 75.1 cm³/mol. The maximum atomic E-state index is 3.66. The molecule has 98 valence electrons. The molecule has 0 aliphatic carbocycles. The van der Waals surface area contributed by atoms with Crippen molar-refractivity contribution in [2.24, 2.45) is 0 Å². The maximum absolute atomic E-state index is 3.66. The number of nitrogens with zero attached hydrogens (tertiary/aromatic N) is 2. The summed E-state index contributed by atoms with van der Waals surface area (Å²) in [6.45, 7) is 0. The van der Waals surface area contributed by atoms with Gasteiger partial charge in [0.2, 0.25) is 0 Å². The third-order valence-corrected chi connectivity index (χ3v) is 1.98. The van der Waals surface area contributed by atoms with Crippen LogP contribution in [0.1, 0.15) is 0 Å². The van der Waals surface area contributed by atoms with Crippen LogP contribution in [-0.2, 0) is 17.1 Å². The number of hydrogen-bond donors (Lipinski definition) is 0. The second-order valence-electron chi connectivity index (χ2n) is 2.65. The van der Waals surface area contributed by atoms with Crippen molar-refractivity contribution in [2.45, 2.75) is 0 Å². The molecule has 19 heavy (non-hydrogen) atoms. The summed E-state index contributed by atoms with van der Waals surface area (Å²) in [6.07, 6.45) is 8.67. The molecular formula is C14H11CuLiN2S-3. The summed E-state index contributed by atoms with van der Waals surface area (Å²) >= 11 is 1.59. The van der Waals surface area contributed by atoms with Crippen LogP contribution in [-0.4, -0.2) is 28.8 Å². The van der Waals surface area contributed by atoms with Gasteiger partial charge in [-0.25, -0.2) is 6.07 Å². The Morgan fingerprint density at radius 1 is 0.737 bits per heavy atom. The second-order valence-corrected chi connectivity index (χ2v) is 3.39. The van der Waals surface area contributed by atoms with Gasteiger partial charge in [-0.05, 0) is 0 Å². The van der Waals surface area contributed by atoms with Gasteiger partial charge in [0.05, 0.1) is 0 Å². The molecule has 0 aliphatic heterocycles. The van der Waals surface area contributed by atoms with Gasteiger partial charge in [-0.2, -0.15) is 47.8 Å². The SMILES string of the molecule is [Cu].[Li].[c-]1ccccn1.[c-]1ccccn1.[c-]1cccs1. The molecule has 0 atom stereocenters. The Bertz CT molecular complexity index is 335. The molecular weight excluding hydrogens is 299 g/mol. The molecule has 0 N–H and O–H groups in total. The van der Waals surface area contributed by atoms with Crippen LogP contribution in [0.3, 0.4) is 0 Å². The largest absolute Gasteiger partial charge is 0.394 e. The van der Waals surface area contributed by atoms with Gasteiger partial charge in [0.25, 0.3) is 0 Å². The second kappa shape index (κ2) is 17.1. The average Bonchev–Trinajstić information content (AvgIpc) is 3.03. The molecule has 3 heterocycles.